The van der Waals surface area contributed by atoms with E-state index >= 15 is 0 Å². The standard InChI is InChI=1S/C19H22F2N4O/c1-19(6-2-7-22-11-19)18(26)25-8-5-16-13(10-25)17(24-23-16)12-3-4-14(20)15(21)9-12/h3-4,9,22H,2,5-8,10-11H2,1H3,(H,23,24)/t19-/m1/s1. The summed E-state index contributed by atoms with van der Waals surface area (Å²) in [5.41, 5.74) is 2.56. The molecule has 2 N–H and O–H groups in total. The van der Waals surface area contributed by atoms with Gasteiger partial charge in [-0.25, -0.2) is 8.78 Å². The monoisotopic (exact) mass is 360 g/mol. The number of halogens is 2. The topological polar surface area (TPSA) is 61.0 Å². The van der Waals surface area contributed by atoms with E-state index in [1.54, 1.807) is 0 Å². The number of fused-ring (bicyclic) bond motifs is 1. The van der Waals surface area contributed by atoms with Crippen LogP contribution in [0.2, 0.25) is 0 Å². The average Bonchev–Trinajstić information content (AvgIpc) is 3.07. The number of piperidine rings is 1. The predicted molar refractivity (Wildman–Crippen MR) is 93.3 cm³/mol. The largest absolute Gasteiger partial charge is 0.337 e. The molecule has 4 rings (SSSR count). The summed E-state index contributed by atoms with van der Waals surface area (Å²) in [5, 5.41) is 10.6. The summed E-state index contributed by atoms with van der Waals surface area (Å²) in [5.74, 6) is -1.63. The summed E-state index contributed by atoms with van der Waals surface area (Å²) < 4.78 is 26.9. The molecule has 1 amide bonds. The number of aromatic nitrogens is 2. The van der Waals surface area contributed by atoms with Gasteiger partial charge in [0.15, 0.2) is 11.6 Å². The second-order valence-corrected chi connectivity index (χ2v) is 7.48. The number of H-pyrrole nitrogens is 1. The van der Waals surface area contributed by atoms with Gasteiger partial charge in [-0.1, -0.05) is 0 Å². The van der Waals surface area contributed by atoms with Crippen LogP contribution in [0, 0.1) is 17.0 Å². The van der Waals surface area contributed by atoms with Crippen molar-refractivity contribution >= 4 is 5.91 Å². The van der Waals surface area contributed by atoms with E-state index in [4.69, 9.17) is 0 Å². The summed E-state index contributed by atoms with van der Waals surface area (Å²) in [4.78, 5) is 15.0. The Balaban J connectivity index is 1.61. The Kier molecular flexibility index (Phi) is 4.26. The van der Waals surface area contributed by atoms with Crippen molar-refractivity contribution in [2.75, 3.05) is 19.6 Å². The zero-order valence-electron chi connectivity index (χ0n) is 14.7. The van der Waals surface area contributed by atoms with E-state index in [1.807, 2.05) is 11.8 Å². The van der Waals surface area contributed by atoms with Gasteiger partial charge in [0.2, 0.25) is 5.91 Å². The van der Waals surface area contributed by atoms with Crippen molar-refractivity contribution in [3.63, 3.8) is 0 Å². The molecule has 1 aromatic heterocycles. The Labute approximate surface area is 150 Å². The Bertz CT molecular complexity index is 842. The van der Waals surface area contributed by atoms with Crippen molar-refractivity contribution in [1.29, 1.82) is 0 Å². The zero-order chi connectivity index (χ0) is 18.3. The van der Waals surface area contributed by atoms with Crippen LogP contribution < -0.4 is 5.32 Å². The van der Waals surface area contributed by atoms with Crippen LogP contribution in [0.25, 0.3) is 11.3 Å². The Morgan fingerprint density at radius 2 is 2.15 bits per heavy atom. The molecule has 0 spiro atoms. The summed E-state index contributed by atoms with van der Waals surface area (Å²) in [6, 6.07) is 3.77. The molecule has 1 aromatic carbocycles. The van der Waals surface area contributed by atoms with Gasteiger partial charge in [-0.2, -0.15) is 5.10 Å². The first-order chi connectivity index (χ1) is 12.5. The van der Waals surface area contributed by atoms with Crippen molar-refractivity contribution in [3.8, 4) is 11.3 Å². The van der Waals surface area contributed by atoms with E-state index in [-0.39, 0.29) is 11.3 Å². The molecule has 26 heavy (non-hydrogen) atoms. The maximum absolute atomic E-state index is 13.6. The van der Waals surface area contributed by atoms with Crippen LogP contribution in [-0.2, 0) is 17.8 Å². The molecule has 0 bridgehead atoms. The van der Waals surface area contributed by atoms with Gasteiger partial charge in [0.25, 0.3) is 0 Å². The second kappa shape index (κ2) is 6.46. The molecule has 0 aliphatic carbocycles. The van der Waals surface area contributed by atoms with Crippen molar-refractivity contribution in [2.45, 2.75) is 32.7 Å². The molecule has 2 aromatic rings. The molecular formula is C19H22F2N4O. The van der Waals surface area contributed by atoms with Crippen molar-refractivity contribution in [3.05, 3.63) is 41.1 Å². The van der Waals surface area contributed by atoms with Gasteiger partial charge in [-0.3, -0.25) is 9.89 Å². The highest BCUT2D eigenvalue weighted by Gasteiger charge is 2.39. The maximum atomic E-state index is 13.6. The maximum Gasteiger partial charge on any atom is 0.230 e. The molecule has 1 atom stereocenters. The summed E-state index contributed by atoms with van der Waals surface area (Å²) >= 11 is 0. The minimum atomic E-state index is -0.899. The Morgan fingerprint density at radius 1 is 1.31 bits per heavy atom. The SMILES string of the molecule is C[C@@]1(C(=O)N2CCc3[nH]nc(-c4ccc(F)c(F)c4)c3C2)CCCNC1. The number of rotatable bonds is 2. The fraction of sp³-hybridized carbons (Fsp3) is 0.474. The summed E-state index contributed by atoms with van der Waals surface area (Å²) in [7, 11) is 0. The van der Waals surface area contributed by atoms with E-state index in [1.165, 1.54) is 6.07 Å². The number of benzene rings is 1. The van der Waals surface area contributed by atoms with Crippen LogP contribution in [0.3, 0.4) is 0 Å². The van der Waals surface area contributed by atoms with Gasteiger partial charge in [0.05, 0.1) is 11.1 Å². The number of hydrogen-bond acceptors (Lipinski definition) is 3. The van der Waals surface area contributed by atoms with Crippen LogP contribution in [0.5, 0.6) is 0 Å². The summed E-state index contributed by atoms with van der Waals surface area (Å²) in [6.45, 7) is 4.74. The predicted octanol–water partition coefficient (Wildman–Crippen LogP) is 2.63. The van der Waals surface area contributed by atoms with Gasteiger partial charge < -0.3 is 10.2 Å². The Hall–Kier alpha value is -2.28. The first kappa shape index (κ1) is 17.1. The smallest absolute Gasteiger partial charge is 0.230 e. The van der Waals surface area contributed by atoms with Gasteiger partial charge in [-0.15, -0.1) is 0 Å². The van der Waals surface area contributed by atoms with Gasteiger partial charge in [-0.05, 0) is 44.5 Å². The van der Waals surface area contributed by atoms with E-state index in [9.17, 15) is 13.6 Å². The van der Waals surface area contributed by atoms with Crippen LogP contribution in [0.15, 0.2) is 18.2 Å². The number of carbonyl (C=O) groups is 1. The fourth-order valence-corrected chi connectivity index (χ4v) is 3.97. The number of amides is 1. The highest BCUT2D eigenvalue weighted by Crippen LogP contribution is 2.33. The number of nitrogens with zero attached hydrogens (tertiary/aromatic N) is 2. The third-order valence-corrected chi connectivity index (χ3v) is 5.53. The first-order valence-corrected chi connectivity index (χ1v) is 8.99. The number of aromatic amines is 1. The molecular weight excluding hydrogens is 338 g/mol. The minimum Gasteiger partial charge on any atom is -0.337 e. The van der Waals surface area contributed by atoms with Crippen LogP contribution in [0.4, 0.5) is 8.78 Å². The van der Waals surface area contributed by atoms with Crippen molar-refractivity contribution < 1.29 is 13.6 Å². The van der Waals surface area contributed by atoms with Crippen LogP contribution >= 0.6 is 0 Å². The zero-order valence-corrected chi connectivity index (χ0v) is 14.7. The molecule has 2 aliphatic heterocycles. The molecule has 1 saturated heterocycles. The van der Waals surface area contributed by atoms with Crippen LogP contribution in [-0.4, -0.2) is 40.6 Å². The highest BCUT2D eigenvalue weighted by atomic mass is 19.2. The van der Waals surface area contributed by atoms with E-state index in [0.717, 1.165) is 42.8 Å². The molecule has 0 unspecified atom stereocenters. The summed E-state index contributed by atoms with van der Waals surface area (Å²) in [6.07, 6.45) is 2.55. The number of hydrogen-bond donors (Lipinski definition) is 2. The van der Waals surface area contributed by atoms with Crippen molar-refractivity contribution in [1.82, 2.24) is 20.4 Å². The fourth-order valence-electron chi connectivity index (χ4n) is 3.97. The highest BCUT2D eigenvalue weighted by molar-refractivity contribution is 5.83. The van der Waals surface area contributed by atoms with Crippen molar-refractivity contribution in [2.24, 2.45) is 5.41 Å². The third kappa shape index (κ3) is 2.90. The van der Waals surface area contributed by atoms with E-state index < -0.39 is 11.6 Å². The molecule has 1 fully saturated rings. The lowest BCUT2D eigenvalue weighted by molar-refractivity contribution is -0.143. The molecule has 7 heteroatoms. The van der Waals surface area contributed by atoms with E-state index in [2.05, 4.69) is 15.5 Å². The lowest BCUT2D eigenvalue weighted by Gasteiger charge is -2.38. The molecule has 2 aliphatic rings. The van der Waals surface area contributed by atoms with Gasteiger partial charge in [0.1, 0.15) is 0 Å². The number of carbonyl (C=O) groups excluding carboxylic acids is 1. The van der Waals surface area contributed by atoms with E-state index in [0.29, 0.717) is 37.3 Å². The van der Waals surface area contributed by atoms with Gasteiger partial charge >= 0.3 is 0 Å². The van der Waals surface area contributed by atoms with Crippen LogP contribution in [0.1, 0.15) is 31.0 Å². The third-order valence-electron chi connectivity index (χ3n) is 5.53. The molecule has 0 radical (unpaired) electrons. The first-order valence-electron chi connectivity index (χ1n) is 8.99. The quantitative estimate of drug-likeness (QED) is 0.866. The molecule has 138 valence electrons. The number of nitrogens with one attached hydrogen (secondary N) is 2. The average molecular weight is 360 g/mol. The minimum absolute atomic E-state index is 0.146. The lowest BCUT2D eigenvalue weighted by Crippen LogP contribution is -2.51. The molecule has 0 saturated carbocycles. The van der Waals surface area contributed by atoms with Gasteiger partial charge in [0, 0.05) is 42.9 Å². The Morgan fingerprint density at radius 3 is 2.88 bits per heavy atom. The molecule has 3 heterocycles. The normalized spacial score (nSPS) is 23.0. The lowest BCUT2D eigenvalue weighted by atomic mass is 9.81. The molecule has 5 nitrogen and oxygen atoms in total. The second-order valence-electron chi connectivity index (χ2n) is 7.48.